The summed E-state index contributed by atoms with van der Waals surface area (Å²) in [5, 5.41) is 9.93. The molecule has 0 aliphatic carbocycles. The Bertz CT molecular complexity index is 806. The van der Waals surface area contributed by atoms with Gasteiger partial charge in [-0.25, -0.2) is 4.39 Å². The van der Waals surface area contributed by atoms with Gasteiger partial charge in [-0.3, -0.25) is 0 Å². The van der Waals surface area contributed by atoms with E-state index in [1.165, 1.54) is 12.1 Å². The average Bonchev–Trinajstić information content (AvgIpc) is 2.95. The van der Waals surface area contributed by atoms with Crippen LogP contribution in [0.4, 0.5) is 4.39 Å². The highest BCUT2D eigenvalue weighted by atomic mass is 35.5. The first-order valence-electron chi connectivity index (χ1n) is 7.30. The van der Waals surface area contributed by atoms with Crippen molar-refractivity contribution in [1.82, 2.24) is 14.8 Å². The summed E-state index contributed by atoms with van der Waals surface area (Å²) in [4.78, 5) is 0. The van der Waals surface area contributed by atoms with Crippen molar-refractivity contribution < 1.29 is 9.13 Å². The Hall–Kier alpha value is -2.05. The van der Waals surface area contributed by atoms with E-state index < -0.39 is 0 Å². The SMILES string of the molecule is Cn1c(SCCOc2ccc(F)cc2)nnc1-c1ccc(Cl)cc1. The zero-order valence-corrected chi connectivity index (χ0v) is 14.5. The van der Waals surface area contributed by atoms with Gasteiger partial charge in [-0.1, -0.05) is 23.4 Å². The third-order valence-corrected chi connectivity index (χ3v) is 4.57. The molecule has 0 fully saturated rings. The van der Waals surface area contributed by atoms with Crippen molar-refractivity contribution in [2.45, 2.75) is 5.16 Å². The highest BCUT2D eigenvalue weighted by Gasteiger charge is 2.11. The van der Waals surface area contributed by atoms with E-state index in [-0.39, 0.29) is 5.82 Å². The maximum atomic E-state index is 12.8. The highest BCUT2D eigenvalue weighted by Crippen LogP contribution is 2.24. The molecule has 0 aliphatic heterocycles. The molecule has 0 aliphatic rings. The van der Waals surface area contributed by atoms with Gasteiger partial charge in [0.1, 0.15) is 11.6 Å². The smallest absolute Gasteiger partial charge is 0.191 e. The Morgan fingerprint density at radius 1 is 1.08 bits per heavy atom. The molecular formula is C17H15ClFN3OS. The average molecular weight is 364 g/mol. The zero-order chi connectivity index (χ0) is 16.9. The van der Waals surface area contributed by atoms with Gasteiger partial charge in [0.2, 0.25) is 0 Å². The zero-order valence-electron chi connectivity index (χ0n) is 12.9. The fourth-order valence-corrected chi connectivity index (χ4v) is 2.97. The van der Waals surface area contributed by atoms with E-state index in [1.54, 1.807) is 23.9 Å². The molecule has 0 atom stereocenters. The Morgan fingerprint density at radius 3 is 2.50 bits per heavy atom. The van der Waals surface area contributed by atoms with Crippen molar-refractivity contribution in [3.05, 3.63) is 59.4 Å². The second-order valence-corrected chi connectivity index (χ2v) is 6.52. The number of halogens is 2. The highest BCUT2D eigenvalue weighted by molar-refractivity contribution is 7.99. The van der Waals surface area contributed by atoms with Crippen molar-refractivity contribution in [2.75, 3.05) is 12.4 Å². The number of benzene rings is 2. The Kier molecular flexibility index (Phi) is 5.37. The van der Waals surface area contributed by atoms with E-state index in [0.717, 1.165) is 16.5 Å². The standard InChI is InChI=1S/C17H15ClFN3OS/c1-22-16(12-2-4-13(18)5-3-12)20-21-17(22)24-11-10-23-15-8-6-14(19)7-9-15/h2-9H,10-11H2,1H3. The molecule has 0 saturated carbocycles. The summed E-state index contributed by atoms with van der Waals surface area (Å²) in [7, 11) is 1.92. The van der Waals surface area contributed by atoms with Crippen LogP contribution in [0.2, 0.25) is 5.02 Å². The van der Waals surface area contributed by atoms with Gasteiger partial charge in [0.15, 0.2) is 11.0 Å². The first kappa shape index (κ1) is 16.8. The molecule has 7 heteroatoms. The molecule has 0 amide bonds. The predicted octanol–water partition coefficient (Wildman–Crippen LogP) is 4.45. The molecule has 0 N–H and O–H groups in total. The minimum Gasteiger partial charge on any atom is -0.493 e. The second kappa shape index (κ2) is 7.68. The van der Waals surface area contributed by atoms with E-state index in [9.17, 15) is 4.39 Å². The van der Waals surface area contributed by atoms with Gasteiger partial charge in [-0.05, 0) is 48.5 Å². The number of ether oxygens (including phenoxy) is 1. The van der Waals surface area contributed by atoms with Crippen LogP contribution in [0.25, 0.3) is 11.4 Å². The lowest BCUT2D eigenvalue weighted by atomic mass is 10.2. The Morgan fingerprint density at radius 2 is 1.79 bits per heavy atom. The first-order valence-corrected chi connectivity index (χ1v) is 8.66. The Labute approximate surface area is 148 Å². The number of hydrogen-bond acceptors (Lipinski definition) is 4. The van der Waals surface area contributed by atoms with E-state index in [1.807, 2.05) is 35.9 Å². The van der Waals surface area contributed by atoms with Crippen LogP contribution in [-0.4, -0.2) is 27.1 Å². The molecule has 0 bridgehead atoms. The van der Waals surface area contributed by atoms with Gasteiger partial charge in [0.05, 0.1) is 6.61 Å². The van der Waals surface area contributed by atoms with Crippen LogP contribution >= 0.6 is 23.4 Å². The van der Waals surface area contributed by atoms with Crippen LogP contribution in [0.3, 0.4) is 0 Å². The number of hydrogen-bond donors (Lipinski definition) is 0. The van der Waals surface area contributed by atoms with E-state index >= 15 is 0 Å². The largest absolute Gasteiger partial charge is 0.493 e. The predicted molar refractivity (Wildman–Crippen MR) is 94.1 cm³/mol. The number of aromatic nitrogens is 3. The number of rotatable bonds is 6. The van der Waals surface area contributed by atoms with E-state index in [2.05, 4.69) is 10.2 Å². The van der Waals surface area contributed by atoms with Crippen molar-refractivity contribution in [3.63, 3.8) is 0 Å². The first-order chi connectivity index (χ1) is 11.6. The summed E-state index contributed by atoms with van der Waals surface area (Å²) in [5.41, 5.74) is 0.962. The molecule has 24 heavy (non-hydrogen) atoms. The number of thioether (sulfide) groups is 1. The van der Waals surface area contributed by atoms with Crippen molar-refractivity contribution in [2.24, 2.45) is 7.05 Å². The third-order valence-electron chi connectivity index (χ3n) is 3.33. The summed E-state index contributed by atoms with van der Waals surface area (Å²) >= 11 is 7.46. The summed E-state index contributed by atoms with van der Waals surface area (Å²) < 4.78 is 20.3. The monoisotopic (exact) mass is 363 g/mol. The van der Waals surface area contributed by atoms with Crippen LogP contribution < -0.4 is 4.74 Å². The molecule has 0 spiro atoms. The second-order valence-electron chi connectivity index (χ2n) is 5.02. The van der Waals surface area contributed by atoms with Crippen LogP contribution in [0.1, 0.15) is 0 Å². The fraction of sp³-hybridized carbons (Fsp3) is 0.176. The summed E-state index contributed by atoms with van der Waals surface area (Å²) in [6.07, 6.45) is 0. The molecule has 0 radical (unpaired) electrons. The lowest BCUT2D eigenvalue weighted by Gasteiger charge is -2.06. The lowest BCUT2D eigenvalue weighted by molar-refractivity contribution is 0.343. The van der Waals surface area contributed by atoms with Gasteiger partial charge < -0.3 is 9.30 Å². The van der Waals surface area contributed by atoms with Gasteiger partial charge in [0, 0.05) is 23.4 Å². The molecule has 124 valence electrons. The van der Waals surface area contributed by atoms with Gasteiger partial charge in [-0.15, -0.1) is 10.2 Å². The molecule has 1 aromatic heterocycles. The minimum atomic E-state index is -0.273. The van der Waals surface area contributed by atoms with Gasteiger partial charge in [-0.2, -0.15) is 0 Å². The topological polar surface area (TPSA) is 39.9 Å². The van der Waals surface area contributed by atoms with Crippen LogP contribution in [0, 0.1) is 5.82 Å². The quantitative estimate of drug-likeness (QED) is 0.479. The molecule has 0 unspecified atom stereocenters. The molecule has 1 heterocycles. The lowest BCUT2D eigenvalue weighted by Crippen LogP contribution is -2.02. The maximum absolute atomic E-state index is 12.8. The van der Waals surface area contributed by atoms with Crippen molar-refractivity contribution in [3.8, 4) is 17.1 Å². The normalized spacial score (nSPS) is 10.8. The molecule has 2 aromatic carbocycles. The van der Waals surface area contributed by atoms with Gasteiger partial charge >= 0.3 is 0 Å². The Balaban J connectivity index is 1.56. The van der Waals surface area contributed by atoms with Crippen molar-refractivity contribution >= 4 is 23.4 Å². The molecular weight excluding hydrogens is 349 g/mol. The van der Waals surface area contributed by atoms with Crippen molar-refractivity contribution in [1.29, 1.82) is 0 Å². The maximum Gasteiger partial charge on any atom is 0.191 e. The molecule has 4 nitrogen and oxygen atoms in total. The van der Waals surface area contributed by atoms with Gasteiger partial charge in [0.25, 0.3) is 0 Å². The fourth-order valence-electron chi connectivity index (χ4n) is 2.11. The third kappa shape index (κ3) is 4.07. The van der Waals surface area contributed by atoms with Crippen LogP contribution in [-0.2, 0) is 7.05 Å². The molecule has 0 saturated heterocycles. The number of nitrogens with zero attached hydrogens (tertiary/aromatic N) is 3. The summed E-state index contributed by atoms with van der Waals surface area (Å²) in [6, 6.07) is 13.5. The summed E-state index contributed by atoms with van der Waals surface area (Å²) in [6.45, 7) is 0.499. The van der Waals surface area contributed by atoms with Crippen LogP contribution in [0.15, 0.2) is 53.7 Å². The molecule has 3 aromatic rings. The minimum absolute atomic E-state index is 0.273. The van der Waals surface area contributed by atoms with E-state index in [4.69, 9.17) is 16.3 Å². The van der Waals surface area contributed by atoms with E-state index in [0.29, 0.717) is 23.1 Å². The summed E-state index contributed by atoms with van der Waals surface area (Å²) in [5.74, 6) is 1.88. The molecule has 3 rings (SSSR count). The van der Waals surface area contributed by atoms with Crippen LogP contribution in [0.5, 0.6) is 5.75 Å².